The number of hydrogen-bond donors (Lipinski definition) is 1. The third kappa shape index (κ3) is 4.20. The fourth-order valence-electron chi connectivity index (χ4n) is 2.10. The highest BCUT2D eigenvalue weighted by atomic mass is 16.5. The van der Waals surface area contributed by atoms with Gasteiger partial charge in [-0.2, -0.15) is 0 Å². The molecule has 0 saturated heterocycles. The van der Waals surface area contributed by atoms with Crippen LogP contribution in [0.2, 0.25) is 0 Å². The smallest absolute Gasteiger partial charge is 0.139 e. The Balaban J connectivity index is 2.15. The summed E-state index contributed by atoms with van der Waals surface area (Å²) in [6.45, 7) is 4.67. The molecule has 1 aromatic carbocycles. The Kier molecular flexibility index (Phi) is 5.58. The van der Waals surface area contributed by atoms with Crippen molar-refractivity contribution in [2.24, 2.45) is 5.73 Å². The molecule has 0 saturated carbocycles. The Morgan fingerprint density at radius 3 is 2.19 bits per heavy atom. The SMILES string of the molecule is CCOc1ccc(OC(c2ccncc2)C(N)CC)cc1. The van der Waals surface area contributed by atoms with Crippen LogP contribution in [0.5, 0.6) is 11.5 Å². The Hall–Kier alpha value is -2.07. The van der Waals surface area contributed by atoms with E-state index in [4.69, 9.17) is 15.2 Å². The van der Waals surface area contributed by atoms with Gasteiger partial charge >= 0.3 is 0 Å². The van der Waals surface area contributed by atoms with E-state index in [0.717, 1.165) is 23.5 Å². The number of nitrogens with two attached hydrogens (primary N) is 1. The number of aromatic nitrogens is 1. The molecule has 0 aliphatic carbocycles. The predicted octanol–water partition coefficient (Wildman–Crippen LogP) is 3.34. The molecule has 4 nitrogen and oxygen atoms in total. The number of rotatable bonds is 7. The molecular weight excluding hydrogens is 264 g/mol. The molecule has 0 fully saturated rings. The van der Waals surface area contributed by atoms with Crippen molar-refractivity contribution < 1.29 is 9.47 Å². The van der Waals surface area contributed by atoms with Crippen LogP contribution in [-0.4, -0.2) is 17.6 Å². The highest BCUT2D eigenvalue weighted by Crippen LogP contribution is 2.26. The van der Waals surface area contributed by atoms with E-state index in [-0.39, 0.29) is 12.1 Å². The van der Waals surface area contributed by atoms with Gasteiger partial charge in [0.05, 0.1) is 6.61 Å². The van der Waals surface area contributed by atoms with Gasteiger partial charge in [0.15, 0.2) is 0 Å². The second-order valence-corrected chi connectivity index (χ2v) is 4.80. The normalized spacial score (nSPS) is 13.5. The number of benzene rings is 1. The minimum atomic E-state index is -0.184. The molecule has 0 spiro atoms. The Morgan fingerprint density at radius 2 is 1.62 bits per heavy atom. The zero-order valence-electron chi connectivity index (χ0n) is 12.5. The molecule has 2 N–H and O–H groups in total. The van der Waals surface area contributed by atoms with Crippen LogP contribution in [0, 0.1) is 0 Å². The van der Waals surface area contributed by atoms with Crippen LogP contribution in [0.4, 0.5) is 0 Å². The first-order chi connectivity index (χ1) is 10.2. The second kappa shape index (κ2) is 7.64. The highest BCUT2D eigenvalue weighted by molar-refractivity contribution is 5.32. The van der Waals surface area contributed by atoms with Crippen molar-refractivity contribution in [2.75, 3.05) is 6.61 Å². The van der Waals surface area contributed by atoms with Crippen LogP contribution in [0.15, 0.2) is 48.8 Å². The van der Waals surface area contributed by atoms with E-state index < -0.39 is 0 Å². The van der Waals surface area contributed by atoms with Crippen LogP contribution >= 0.6 is 0 Å². The molecule has 1 aromatic heterocycles. The first kappa shape index (κ1) is 15.3. The predicted molar refractivity (Wildman–Crippen MR) is 83.5 cm³/mol. The van der Waals surface area contributed by atoms with E-state index in [0.29, 0.717) is 6.61 Å². The van der Waals surface area contributed by atoms with Crippen molar-refractivity contribution in [2.45, 2.75) is 32.4 Å². The van der Waals surface area contributed by atoms with Crippen LogP contribution < -0.4 is 15.2 Å². The van der Waals surface area contributed by atoms with Gasteiger partial charge in [-0.3, -0.25) is 4.98 Å². The van der Waals surface area contributed by atoms with Crippen molar-refractivity contribution >= 4 is 0 Å². The number of pyridine rings is 1. The lowest BCUT2D eigenvalue weighted by Gasteiger charge is -2.24. The van der Waals surface area contributed by atoms with E-state index in [1.165, 1.54) is 0 Å². The quantitative estimate of drug-likeness (QED) is 0.848. The van der Waals surface area contributed by atoms with Gasteiger partial charge in [0.2, 0.25) is 0 Å². The van der Waals surface area contributed by atoms with E-state index in [2.05, 4.69) is 11.9 Å². The van der Waals surface area contributed by atoms with E-state index in [1.54, 1.807) is 12.4 Å². The molecule has 4 heteroatoms. The minimum Gasteiger partial charge on any atom is -0.494 e. The number of hydrogen-bond acceptors (Lipinski definition) is 4. The minimum absolute atomic E-state index is 0.0704. The number of nitrogens with zero attached hydrogens (tertiary/aromatic N) is 1. The first-order valence-electron chi connectivity index (χ1n) is 7.29. The van der Waals surface area contributed by atoms with Crippen molar-refractivity contribution in [3.05, 3.63) is 54.4 Å². The maximum Gasteiger partial charge on any atom is 0.139 e. The lowest BCUT2D eigenvalue weighted by atomic mass is 10.0. The monoisotopic (exact) mass is 286 g/mol. The van der Waals surface area contributed by atoms with Crippen LogP contribution in [0.3, 0.4) is 0 Å². The van der Waals surface area contributed by atoms with E-state index in [9.17, 15) is 0 Å². The summed E-state index contributed by atoms with van der Waals surface area (Å²) in [5, 5.41) is 0. The summed E-state index contributed by atoms with van der Waals surface area (Å²) in [7, 11) is 0. The molecule has 0 bridgehead atoms. The van der Waals surface area contributed by atoms with Gasteiger partial charge in [-0.05, 0) is 55.3 Å². The average Bonchev–Trinajstić information content (AvgIpc) is 2.54. The fourth-order valence-corrected chi connectivity index (χ4v) is 2.10. The zero-order chi connectivity index (χ0) is 15.1. The molecule has 2 rings (SSSR count). The molecule has 2 aromatic rings. The third-order valence-electron chi connectivity index (χ3n) is 3.29. The Labute approximate surface area is 125 Å². The standard InChI is InChI=1S/C17H22N2O2/c1-3-16(18)17(13-9-11-19-12-10-13)21-15-7-5-14(6-8-15)20-4-2/h5-12,16-17H,3-4,18H2,1-2H3. The summed E-state index contributed by atoms with van der Waals surface area (Å²) in [6, 6.07) is 11.4. The molecular formula is C17H22N2O2. The molecule has 0 aliphatic rings. The molecule has 112 valence electrons. The van der Waals surface area contributed by atoms with Gasteiger partial charge in [0, 0.05) is 18.4 Å². The Morgan fingerprint density at radius 1 is 1.00 bits per heavy atom. The maximum atomic E-state index is 6.20. The Bertz CT molecular complexity index is 528. The van der Waals surface area contributed by atoms with Crippen molar-refractivity contribution in [1.82, 2.24) is 4.98 Å². The van der Waals surface area contributed by atoms with E-state index >= 15 is 0 Å². The number of ether oxygens (including phenoxy) is 2. The molecule has 0 radical (unpaired) electrons. The molecule has 0 aliphatic heterocycles. The summed E-state index contributed by atoms with van der Waals surface area (Å²) >= 11 is 0. The topological polar surface area (TPSA) is 57.4 Å². The van der Waals surface area contributed by atoms with Gasteiger partial charge < -0.3 is 15.2 Å². The van der Waals surface area contributed by atoms with Gasteiger partial charge in [-0.25, -0.2) is 0 Å². The third-order valence-corrected chi connectivity index (χ3v) is 3.29. The summed E-state index contributed by atoms with van der Waals surface area (Å²) in [5.74, 6) is 1.62. The van der Waals surface area contributed by atoms with Crippen LogP contribution in [0.1, 0.15) is 31.9 Å². The summed E-state index contributed by atoms with van der Waals surface area (Å²) in [5.41, 5.74) is 7.24. The molecule has 1 heterocycles. The molecule has 2 unspecified atom stereocenters. The first-order valence-corrected chi connectivity index (χ1v) is 7.29. The average molecular weight is 286 g/mol. The fraction of sp³-hybridized carbons (Fsp3) is 0.353. The maximum absolute atomic E-state index is 6.20. The molecule has 21 heavy (non-hydrogen) atoms. The van der Waals surface area contributed by atoms with Gasteiger partial charge in [-0.1, -0.05) is 6.92 Å². The summed E-state index contributed by atoms with van der Waals surface area (Å²) in [4.78, 5) is 4.04. The zero-order valence-corrected chi connectivity index (χ0v) is 12.5. The van der Waals surface area contributed by atoms with Gasteiger partial charge in [0.1, 0.15) is 17.6 Å². The van der Waals surface area contributed by atoms with E-state index in [1.807, 2.05) is 43.3 Å². The van der Waals surface area contributed by atoms with Gasteiger partial charge in [0.25, 0.3) is 0 Å². The van der Waals surface area contributed by atoms with Crippen LogP contribution in [-0.2, 0) is 0 Å². The molecule has 2 atom stereocenters. The lowest BCUT2D eigenvalue weighted by Crippen LogP contribution is -2.31. The van der Waals surface area contributed by atoms with Crippen LogP contribution in [0.25, 0.3) is 0 Å². The largest absolute Gasteiger partial charge is 0.494 e. The summed E-state index contributed by atoms with van der Waals surface area (Å²) < 4.78 is 11.5. The lowest BCUT2D eigenvalue weighted by molar-refractivity contribution is 0.170. The molecule has 0 amide bonds. The highest BCUT2D eigenvalue weighted by Gasteiger charge is 2.20. The summed E-state index contributed by atoms with van der Waals surface area (Å²) in [6.07, 6.45) is 4.17. The van der Waals surface area contributed by atoms with Crippen molar-refractivity contribution in [3.63, 3.8) is 0 Å². The van der Waals surface area contributed by atoms with Crippen molar-refractivity contribution in [3.8, 4) is 11.5 Å². The second-order valence-electron chi connectivity index (χ2n) is 4.80. The van der Waals surface area contributed by atoms with Crippen molar-refractivity contribution in [1.29, 1.82) is 0 Å². The van der Waals surface area contributed by atoms with Gasteiger partial charge in [-0.15, -0.1) is 0 Å².